The van der Waals surface area contributed by atoms with Gasteiger partial charge in [0.1, 0.15) is 12.1 Å². The second-order valence-corrected chi connectivity index (χ2v) is 4.83. The number of halogens is 3. The van der Waals surface area contributed by atoms with Crippen LogP contribution in [0.3, 0.4) is 0 Å². The maximum atomic E-state index is 12.9. The summed E-state index contributed by atoms with van der Waals surface area (Å²) in [5.41, 5.74) is -0.923. The molecule has 2 rings (SSSR count). The Morgan fingerprint density at radius 1 is 1.39 bits per heavy atom. The molecule has 0 saturated heterocycles. The molecule has 0 aliphatic heterocycles. The van der Waals surface area contributed by atoms with Gasteiger partial charge in [-0.15, -0.1) is 10.2 Å². The Hall–Kier alpha value is -2.58. The lowest BCUT2D eigenvalue weighted by Gasteiger charge is -2.18. The summed E-state index contributed by atoms with van der Waals surface area (Å²) in [6.45, 7) is 1.48. The molecule has 1 atom stereocenters. The molecule has 0 aliphatic rings. The molecule has 0 aliphatic carbocycles. The van der Waals surface area contributed by atoms with Gasteiger partial charge in [0.05, 0.1) is 12.1 Å². The van der Waals surface area contributed by atoms with E-state index in [2.05, 4.69) is 15.5 Å². The topological polar surface area (TPSA) is 69.0 Å². The number of ether oxygens (including phenoxy) is 1. The van der Waals surface area contributed by atoms with E-state index in [4.69, 9.17) is 4.74 Å². The molecule has 2 aromatic rings. The maximum absolute atomic E-state index is 12.9. The van der Waals surface area contributed by atoms with Gasteiger partial charge < -0.3 is 14.6 Å². The Balaban J connectivity index is 2.00. The lowest BCUT2D eigenvalue weighted by Crippen LogP contribution is -2.36. The first-order chi connectivity index (χ1) is 10.8. The first kappa shape index (κ1) is 16.8. The Morgan fingerprint density at radius 2 is 2.09 bits per heavy atom. The number of nitrogens with one attached hydrogen (secondary N) is 1. The number of aryl methyl sites for hydroxylation is 1. The van der Waals surface area contributed by atoms with Crippen molar-refractivity contribution in [1.82, 2.24) is 20.1 Å². The van der Waals surface area contributed by atoms with Gasteiger partial charge in [0.15, 0.2) is 11.9 Å². The van der Waals surface area contributed by atoms with Crippen molar-refractivity contribution in [2.24, 2.45) is 7.05 Å². The van der Waals surface area contributed by atoms with E-state index in [1.165, 1.54) is 31.5 Å². The number of para-hydroxylation sites is 1. The molecule has 0 saturated carbocycles. The molecule has 23 heavy (non-hydrogen) atoms. The van der Waals surface area contributed by atoms with E-state index in [9.17, 15) is 18.0 Å². The van der Waals surface area contributed by atoms with Crippen LogP contribution in [0, 0.1) is 0 Å². The van der Waals surface area contributed by atoms with Gasteiger partial charge in [0.2, 0.25) is 0 Å². The third-order valence-electron chi connectivity index (χ3n) is 3.09. The fourth-order valence-corrected chi connectivity index (χ4v) is 1.82. The summed E-state index contributed by atoms with van der Waals surface area (Å²) < 4.78 is 45.4. The molecule has 9 heteroatoms. The van der Waals surface area contributed by atoms with Crippen LogP contribution in [0.2, 0.25) is 0 Å². The first-order valence-electron chi connectivity index (χ1n) is 6.72. The van der Waals surface area contributed by atoms with E-state index in [-0.39, 0.29) is 12.3 Å². The highest BCUT2D eigenvalue weighted by Gasteiger charge is 2.34. The Bertz CT molecular complexity index is 685. The second-order valence-electron chi connectivity index (χ2n) is 4.83. The Kier molecular flexibility index (Phi) is 4.87. The number of carbonyl (C=O) groups is 1. The monoisotopic (exact) mass is 328 g/mol. The van der Waals surface area contributed by atoms with Crippen LogP contribution in [0.5, 0.6) is 5.75 Å². The highest BCUT2D eigenvalue weighted by molar-refractivity contribution is 5.80. The standard InChI is InChI=1S/C14H15F3N4O2/c1-9(13(22)18-7-12-20-19-8-21(12)2)23-11-6-4-3-5-10(11)14(15,16)17/h3-6,8-9H,7H2,1-2H3,(H,18,22)/t9-/m0/s1. The van der Waals surface area contributed by atoms with Crippen molar-refractivity contribution in [2.45, 2.75) is 25.7 Å². The van der Waals surface area contributed by atoms with Crippen molar-refractivity contribution in [2.75, 3.05) is 0 Å². The highest BCUT2D eigenvalue weighted by atomic mass is 19.4. The summed E-state index contributed by atoms with van der Waals surface area (Å²) in [4.78, 5) is 11.9. The van der Waals surface area contributed by atoms with Crippen LogP contribution in [-0.2, 0) is 24.6 Å². The number of hydrogen-bond acceptors (Lipinski definition) is 4. The van der Waals surface area contributed by atoms with Crippen LogP contribution in [0.4, 0.5) is 13.2 Å². The normalized spacial score (nSPS) is 12.7. The minimum absolute atomic E-state index is 0.101. The third-order valence-corrected chi connectivity index (χ3v) is 3.09. The molecule has 1 amide bonds. The van der Waals surface area contributed by atoms with E-state index in [1.807, 2.05) is 0 Å². The molecule has 0 radical (unpaired) electrons. The van der Waals surface area contributed by atoms with Crippen LogP contribution >= 0.6 is 0 Å². The average molecular weight is 328 g/mol. The number of rotatable bonds is 5. The van der Waals surface area contributed by atoms with Gasteiger partial charge in [-0.1, -0.05) is 12.1 Å². The van der Waals surface area contributed by atoms with Gasteiger partial charge in [0.25, 0.3) is 5.91 Å². The fraction of sp³-hybridized carbons (Fsp3) is 0.357. The molecule has 0 unspecified atom stereocenters. The number of carbonyl (C=O) groups excluding carboxylic acids is 1. The number of nitrogens with zero attached hydrogens (tertiary/aromatic N) is 3. The van der Waals surface area contributed by atoms with Gasteiger partial charge in [-0.05, 0) is 19.1 Å². The van der Waals surface area contributed by atoms with Crippen molar-refractivity contribution in [3.8, 4) is 5.75 Å². The van der Waals surface area contributed by atoms with Gasteiger partial charge in [-0.3, -0.25) is 4.79 Å². The lowest BCUT2D eigenvalue weighted by atomic mass is 10.2. The number of aromatic nitrogens is 3. The minimum atomic E-state index is -4.55. The molecular weight excluding hydrogens is 313 g/mol. The van der Waals surface area contributed by atoms with E-state index >= 15 is 0 Å². The van der Waals surface area contributed by atoms with Gasteiger partial charge in [-0.2, -0.15) is 13.2 Å². The molecule has 6 nitrogen and oxygen atoms in total. The van der Waals surface area contributed by atoms with Gasteiger partial charge in [-0.25, -0.2) is 0 Å². The summed E-state index contributed by atoms with van der Waals surface area (Å²) >= 11 is 0. The van der Waals surface area contributed by atoms with Gasteiger partial charge >= 0.3 is 6.18 Å². The highest BCUT2D eigenvalue weighted by Crippen LogP contribution is 2.36. The molecule has 0 fully saturated rings. The molecule has 0 bridgehead atoms. The zero-order chi connectivity index (χ0) is 17.0. The molecule has 1 heterocycles. The Morgan fingerprint density at radius 3 is 2.70 bits per heavy atom. The van der Waals surface area contributed by atoms with Crippen molar-refractivity contribution < 1.29 is 22.7 Å². The number of benzene rings is 1. The van der Waals surface area contributed by atoms with Gasteiger partial charge in [0, 0.05) is 7.05 Å². The van der Waals surface area contributed by atoms with E-state index in [0.29, 0.717) is 5.82 Å². The zero-order valence-electron chi connectivity index (χ0n) is 12.5. The minimum Gasteiger partial charge on any atom is -0.480 e. The van der Waals surface area contributed by atoms with E-state index < -0.39 is 23.8 Å². The summed E-state index contributed by atoms with van der Waals surface area (Å²) in [5, 5.41) is 9.98. The lowest BCUT2D eigenvalue weighted by molar-refractivity contribution is -0.140. The van der Waals surface area contributed by atoms with Crippen LogP contribution in [0.15, 0.2) is 30.6 Å². The SMILES string of the molecule is C[C@H](Oc1ccccc1C(F)(F)F)C(=O)NCc1nncn1C. The van der Waals surface area contributed by atoms with E-state index in [0.717, 1.165) is 6.07 Å². The molecule has 1 aromatic heterocycles. The Labute approximate surface area is 130 Å². The zero-order valence-corrected chi connectivity index (χ0v) is 12.5. The summed E-state index contributed by atoms with van der Waals surface area (Å²) in [6.07, 6.45) is -4.17. The third kappa shape index (κ3) is 4.21. The predicted octanol–water partition coefficient (Wildman–Crippen LogP) is 1.92. The summed E-state index contributed by atoms with van der Waals surface area (Å²) in [5.74, 6) is -0.424. The van der Waals surface area contributed by atoms with Crippen molar-refractivity contribution in [3.05, 3.63) is 42.0 Å². The quantitative estimate of drug-likeness (QED) is 0.910. The predicted molar refractivity (Wildman–Crippen MR) is 74.4 cm³/mol. The molecule has 1 N–H and O–H groups in total. The summed E-state index contributed by atoms with van der Waals surface area (Å²) in [7, 11) is 1.71. The summed E-state index contributed by atoms with van der Waals surface area (Å²) in [6, 6.07) is 4.75. The van der Waals surface area contributed by atoms with Crippen molar-refractivity contribution in [3.63, 3.8) is 0 Å². The average Bonchev–Trinajstić information content (AvgIpc) is 2.89. The van der Waals surface area contributed by atoms with Crippen LogP contribution in [0.25, 0.3) is 0 Å². The van der Waals surface area contributed by atoms with Crippen LogP contribution in [-0.4, -0.2) is 26.8 Å². The molecule has 124 valence electrons. The fourth-order valence-electron chi connectivity index (χ4n) is 1.82. The molecule has 1 aromatic carbocycles. The largest absolute Gasteiger partial charge is 0.480 e. The molecule has 0 spiro atoms. The second kappa shape index (κ2) is 6.67. The number of amides is 1. The molecular formula is C14H15F3N4O2. The smallest absolute Gasteiger partial charge is 0.419 e. The number of alkyl halides is 3. The first-order valence-corrected chi connectivity index (χ1v) is 6.72. The van der Waals surface area contributed by atoms with Crippen molar-refractivity contribution in [1.29, 1.82) is 0 Å². The van der Waals surface area contributed by atoms with Crippen LogP contribution in [0.1, 0.15) is 18.3 Å². The maximum Gasteiger partial charge on any atom is 0.419 e. The number of hydrogen-bond donors (Lipinski definition) is 1. The van der Waals surface area contributed by atoms with Crippen LogP contribution < -0.4 is 10.1 Å². The van der Waals surface area contributed by atoms with Crippen molar-refractivity contribution >= 4 is 5.91 Å². The van der Waals surface area contributed by atoms with E-state index in [1.54, 1.807) is 11.6 Å².